The maximum atomic E-state index is 9.64. The number of hydrogen-bond donors (Lipinski definition) is 2. The van der Waals surface area contributed by atoms with Gasteiger partial charge in [0.2, 0.25) is 0 Å². The molecule has 1 aliphatic rings. The third kappa shape index (κ3) is 6.03. The Balaban J connectivity index is 0.00000162. The summed E-state index contributed by atoms with van der Waals surface area (Å²) in [7, 11) is 0. The lowest BCUT2D eigenvalue weighted by molar-refractivity contribution is 0.0287. The van der Waals surface area contributed by atoms with Crippen molar-refractivity contribution in [3.8, 4) is 0 Å². The van der Waals surface area contributed by atoms with Gasteiger partial charge >= 0.3 is 0 Å². The molecule has 0 heterocycles. The normalized spacial score (nSPS) is 16.1. The molecule has 1 unspecified atom stereocenters. The van der Waals surface area contributed by atoms with Crippen LogP contribution in [0.25, 0.3) is 0 Å². The Labute approximate surface area is 119 Å². The monoisotopic (exact) mass is 291 g/mol. The van der Waals surface area contributed by atoms with Crippen LogP contribution >= 0.6 is 24.0 Å². The van der Waals surface area contributed by atoms with Crippen molar-refractivity contribution in [3.05, 3.63) is 34.9 Å². The minimum atomic E-state index is -0.428. The summed E-state index contributed by atoms with van der Waals surface area (Å²) in [4.78, 5) is 0. The summed E-state index contributed by atoms with van der Waals surface area (Å²) in [6, 6.07) is 8.16. The van der Waals surface area contributed by atoms with Gasteiger partial charge in [0, 0.05) is 17.6 Å². The average Bonchev–Trinajstić information content (AvgIpc) is 3.13. The van der Waals surface area contributed by atoms with Gasteiger partial charge in [-0.3, -0.25) is 0 Å². The summed E-state index contributed by atoms with van der Waals surface area (Å²) in [5, 5.41) is 13.6. The van der Waals surface area contributed by atoms with E-state index in [4.69, 9.17) is 16.3 Å². The molecule has 18 heavy (non-hydrogen) atoms. The van der Waals surface area contributed by atoms with Crippen molar-refractivity contribution in [2.75, 3.05) is 13.2 Å². The first-order valence-electron chi connectivity index (χ1n) is 5.97. The predicted molar refractivity (Wildman–Crippen MR) is 75.4 cm³/mol. The quantitative estimate of drug-likeness (QED) is 0.811. The van der Waals surface area contributed by atoms with Gasteiger partial charge < -0.3 is 15.2 Å². The molecule has 102 valence electrons. The van der Waals surface area contributed by atoms with Crippen LogP contribution in [0.15, 0.2) is 24.3 Å². The first-order valence-corrected chi connectivity index (χ1v) is 6.35. The summed E-state index contributed by atoms with van der Waals surface area (Å²) < 4.78 is 5.44. The van der Waals surface area contributed by atoms with E-state index in [1.807, 2.05) is 24.3 Å². The Hall–Kier alpha value is -0.320. The maximum absolute atomic E-state index is 9.64. The van der Waals surface area contributed by atoms with Gasteiger partial charge in [0.05, 0.1) is 19.3 Å². The van der Waals surface area contributed by atoms with Gasteiger partial charge in [-0.15, -0.1) is 12.4 Å². The number of benzene rings is 1. The Morgan fingerprint density at radius 2 is 2.00 bits per heavy atom. The lowest BCUT2D eigenvalue weighted by Gasteiger charge is -2.12. The molecule has 0 spiro atoms. The fraction of sp³-hybridized carbons (Fsp3) is 0.538. The van der Waals surface area contributed by atoms with Crippen LogP contribution < -0.4 is 5.32 Å². The van der Waals surface area contributed by atoms with E-state index < -0.39 is 6.10 Å². The van der Waals surface area contributed by atoms with Crippen molar-refractivity contribution in [3.63, 3.8) is 0 Å². The van der Waals surface area contributed by atoms with E-state index in [9.17, 15) is 5.11 Å². The number of rotatable bonds is 7. The lowest BCUT2D eigenvalue weighted by Crippen LogP contribution is -2.31. The topological polar surface area (TPSA) is 41.5 Å². The number of halogens is 2. The zero-order valence-corrected chi connectivity index (χ0v) is 11.7. The third-order valence-corrected chi connectivity index (χ3v) is 2.96. The molecule has 1 aromatic carbocycles. The van der Waals surface area contributed by atoms with Crippen molar-refractivity contribution in [1.29, 1.82) is 0 Å². The summed E-state index contributed by atoms with van der Waals surface area (Å²) >= 11 is 5.78. The molecule has 0 bridgehead atoms. The average molecular weight is 292 g/mol. The lowest BCUT2D eigenvalue weighted by atomic mass is 10.2. The Bertz CT molecular complexity index is 341. The van der Waals surface area contributed by atoms with Crippen LogP contribution in [-0.4, -0.2) is 30.4 Å². The van der Waals surface area contributed by atoms with Crippen molar-refractivity contribution >= 4 is 24.0 Å². The van der Waals surface area contributed by atoms with Gasteiger partial charge in [0.1, 0.15) is 0 Å². The van der Waals surface area contributed by atoms with E-state index in [0.29, 0.717) is 25.8 Å². The highest BCUT2D eigenvalue weighted by atomic mass is 35.5. The molecule has 1 aromatic rings. The second kappa shape index (κ2) is 7.97. The highest BCUT2D eigenvalue weighted by molar-refractivity contribution is 6.30. The maximum Gasteiger partial charge on any atom is 0.0897 e. The molecule has 1 saturated carbocycles. The predicted octanol–water partition coefficient (Wildman–Crippen LogP) is 2.39. The van der Waals surface area contributed by atoms with Crippen molar-refractivity contribution in [1.82, 2.24) is 5.32 Å². The first-order chi connectivity index (χ1) is 8.24. The number of hydrogen-bond acceptors (Lipinski definition) is 3. The third-order valence-electron chi connectivity index (χ3n) is 2.71. The summed E-state index contributed by atoms with van der Waals surface area (Å²) in [6.45, 7) is 1.49. The Morgan fingerprint density at radius 3 is 2.61 bits per heavy atom. The highest BCUT2D eigenvalue weighted by Gasteiger charge is 2.21. The Kier molecular flexibility index (Phi) is 6.97. The fourth-order valence-electron chi connectivity index (χ4n) is 1.54. The van der Waals surface area contributed by atoms with E-state index in [1.165, 1.54) is 12.8 Å². The van der Waals surface area contributed by atoms with E-state index in [2.05, 4.69) is 5.32 Å². The van der Waals surface area contributed by atoms with Gasteiger partial charge in [-0.25, -0.2) is 0 Å². The zero-order valence-electron chi connectivity index (χ0n) is 10.1. The number of aliphatic hydroxyl groups excluding tert-OH is 1. The van der Waals surface area contributed by atoms with Crippen molar-refractivity contribution < 1.29 is 9.84 Å². The van der Waals surface area contributed by atoms with Gasteiger partial charge in [0.15, 0.2) is 0 Å². The molecule has 0 saturated heterocycles. The van der Waals surface area contributed by atoms with Gasteiger partial charge in [-0.1, -0.05) is 23.7 Å². The van der Waals surface area contributed by atoms with Crippen LogP contribution in [0, 0.1) is 0 Å². The van der Waals surface area contributed by atoms with Crippen LogP contribution in [0.5, 0.6) is 0 Å². The second-order valence-electron chi connectivity index (χ2n) is 4.48. The smallest absolute Gasteiger partial charge is 0.0897 e. The Morgan fingerprint density at radius 1 is 1.33 bits per heavy atom. The van der Waals surface area contributed by atoms with Crippen LogP contribution in [0.3, 0.4) is 0 Å². The van der Waals surface area contributed by atoms with E-state index in [-0.39, 0.29) is 12.4 Å². The van der Waals surface area contributed by atoms with E-state index in [1.54, 1.807) is 0 Å². The first kappa shape index (κ1) is 15.7. The van der Waals surface area contributed by atoms with E-state index >= 15 is 0 Å². The largest absolute Gasteiger partial charge is 0.389 e. The molecule has 3 nitrogen and oxygen atoms in total. The SMILES string of the molecule is Cl.OC(CNC1CC1)COCc1ccc(Cl)cc1. The van der Waals surface area contributed by atoms with Gasteiger partial charge in [0.25, 0.3) is 0 Å². The van der Waals surface area contributed by atoms with Crippen LogP contribution in [0.4, 0.5) is 0 Å². The molecular formula is C13H19Cl2NO2. The number of nitrogens with one attached hydrogen (secondary N) is 1. The summed E-state index contributed by atoms with van der Waals surface area (Å²) in [5.41, 5.74) is 1.07. The molecular weight excluding hydrogens is 273 g/mol. The summed E-state index contributed by atoms with van der Waals surface area (Å²) in [5.74, 6) is 0. The molecule has 1 aliphatic carbocycles. The molecule has 0 aliphatic heterocycles. The zero-order chi connectivity index (χ0) is 12.1. The van der Waals surface area contributed by atoms with Crippen molar-refractivity contribution in [2.24, 2.45) is 0 Å². The molecule has 0 aromatic heterocycles. The minimum absolute atomic E-state index is 0. The van der Waals surface area contributed by atoms with Crippen LogP contribution in [-0.2, 0) is 11.3 Å². The molecule has 2 rings (SSSR count). The van der Waals surface area contributed by atoms with Crippen molar-refractivity contribution in [2.45, 2.75) is 31.6 Å². The number of aliphatic hydroxyl groups is 1. The fourth-order valence-corrected chi connectivity index (χ4v) is 1.67. The number of ether oxygens (including phenoxy) is 1. The molecule has 2 N–H and O–H groups in total. The molecule has 1 fully saturated rings. The van der Waals surface area contributed by atoms with Crippen LogP contribution in [0.2, 0.25) is 5.02 Å². The van der Waals surface area contributed by atoms with E-state index in [0.717, 1.165) is 10.6 Å². The highest BCUT2D eigenvalue weighted by Crippen LogP contribution is 2.18. The molecule has 1 atom stereocenters. The summed E-state index contributed by atoms with van der Waals surface area (Å²) in [6.07, 6.45) is 2.04. The van der Waals surface area contributed by atoms with Gasteiger partial charge in [-0.2, -0.15) is 0 Å². The molecule has 0 amide bonds. The minimum Gasteiger partial charge on any atom is -0.389 e. The second-order valence-corrected chi connectivity index (χ2v) is 4.91. The molecule has 5 heteroatoms. The van der Waals surface area contributed by atoms with Crippen LogP contribution in [0.1, 0.15) is 18.4 Å². The van der Waals surface area contributed by atoms with Gasteiger partial charge in [-0.05, 0) is 30.5 Å². The standard InChI is InChI=1S/C13H18ClNO2.ClH/c14-11-3-1-10(2-4-11)8-17-9-13(16)7-15-12-5-6-12;/h1-4,12-13,15-16H,5-9H2;1H. The molecule has 0 radical (unpaired) electrons.